The number of ether oxygens (including phenoxy) is 13. The summed E-state index contributed by atoms with van der Waals surface area (Å²) in [5.74, 6) is 0.392. The van der Waals surface area contributed by atoms with Crippen LogP contribution in [0.2, 0.25) is 5.02 Å². The van der Waals surface area contributed by atoms with E-state index < -0.39 is 23.4 Å². The van der Waals surface area contributed by atoms with Crippen LogP contribution < -0.4 is 37.1 Å². The summed E-state index contributed by atoms with van der Waals surface area (Å²) in [5, 5.41) is 26.2. The smallest absolute Gasteiger partial charge is 0.242 e. The molecule has 4 heterocycles. The van der Waals surface area contributed by atoms with E-state index in [4.69, 9.17) is 83.9 Å². The number of halogens is 1. The second kappa shape index (κ2) is 65.3. The number of benzene rings is 2. The number of primary amides is 1. The van der Waals surface area contributed by atoms with Crippen LogP contribution in [0.4, 0.5) is 5.69 Å². The second-order valence-corrected chi connectivity index (χ2v) is 32.7. The number of nitrogens with two attached hydrogens (primary N) is 1. The molecule has 34 nitrogen and oxygen atoms in total. The number of hydrogen-bond donors (Lipinski definition) is 7. The molecule has 8 N–H and O–H groups in total. The number of fused-ring (bicyclic) bond motifs is 2. The van der Waals surface area contributed by atoms with Crippen molar-refractivity contribution in [2.24, 2.45) is 22.6 Å². The predicted octanol–water partition coefficient (Wildman–Crippen LogP) is 5.25. The molecule has 0 bridgehead atoms. The molecule has 7 rings (SSSR count). The summed E-state index contributed by atoms with van der Waals surface area (Å²) in [4.78, 5) is 117. The van der Waals surface area contributed by atoms with E-state index in [2.05, 4.69) is 48.2 Å². The minimum absolute atomic E-state index is 0.00890. The zero-order valence-electron chi connectivity index (χ0n) is 72.9. The third kappa shape index (κ3) is 44.3. The van der Waals surface area contributed by atoms with E-state index in [9.17, 15) is 43.5 Å². The lowest BCUT2D eigenvalue weighted by molar-refractivity contribution is -0.143. The van der Waals surface area contributed by atoms with Gasteiger partial charge in [-0.1, -0.05) is 94.9 Å². The number of thioether (sulfide) groups is 1. The van der Waals surface area contributed by atoms with Gasteiger partial charge in [0.1, 0.15) is 29.5 Å². The van der Waals surface area contributed by atoms with Crippen molar-refractivity contribution in [3.8, 4) is 11.5 Å². The Balaban J connectivity index is 0.542. The van der Waals surface area contributed by atoms with E-state index in [1.807, 2.05) is 47.4 Å². The molecule has 5 atom stereocenters. The summed E-state index contributed by atoms with van der Waals surface area (Å²) in [6.07, 6.45) is 15.6. The number of amidine groups is 1. The molecule has 5 aliphatic rings. The molecule has 0 aromatic heterocycles. The molecule has 3 saturated heterocycles. The highest BCUT2D eigenvalue weighted by molar-refractivity contribution is 8.00. The number of imide groups is 1. The lowest BCUT2D eigenvalue weighted by Gasteiger charge is -2.41. The quantitative estimate of drug-likeness (QED) is 0.0252. The molecule has 4 fully saturated rings. The van der Waals surface area contributed by atoms with Gasteiger partial charge in [0, 0.05) is 140 Å². The SMILES string of the molecule is CCCCCCCCCCCC(=O)NC(CCCCNC(=O)CCOCCOCCOCCOCCOCCOCCOCCOCCOCCOCCOCCOCCNC(=O)CCN1C(=O)CC(SCCNC(=O)CN2CCN(CCNC(O)[C@@H]3CCCC[C@@H]3C(=O)N3CCN(C4=Nc5ccccc5Oc5ccc(Cl)cc54)CC3)CC2)C1=O)C(N)=O. The van der Waals surface area contributed by atoms with Gasteiger partial charge in [0.25, 0.3) is 0 Å². The Morgan fingerprint density at radius 3 is 1.64 bits per heavy atom. The first-order valence-electron chi connectivity index (χ1n) is 45.0. The predicted molar refractivity (Wildman–Crippen MR) is 467 cm³/mol. The Bertz CT molecular complexity index is 3330. The van der Waals surface area contributed by atoms with E-state index in [0.29, 0.717) is 252 Å². The van der Waals surface area contributed by atoms with Crippen molar-refractivity contribution in [1.82, 2.24) is 51.1 Å². The normalized spacial score (nSPS) is 17.4. The van der Waals surface area contributed by atoms with E-state index in [-0.39, 0.29) is 105 Å². The monoisotopic (exact) mass is 1770 g/mol. The maximum Gasteiger partial charge on any atom is 0.242 e. The van der Waals surface area contributed by atoms with Crippen LogP contribution in [0.3, 0.4) is 0 Å². The second-order valence-electron chi connectivity index (χ2n) is 31.0. The van der Waals surface area contributed by atoms with Gasteiger partial charge in [-0.15, -0.1) is 11.8 Å². The van der Waals surface area contributed by atoms with Crippen LogP contribution in [0.1, 0.15) is 141 Å². The van der Waals surface area contributed by atoms with Crippen molar-refractivity contribution in [2.75, 3.05) is 262 Å². The van der Waals surface area contributed by atoms with Crippen LogP contribution in [-0.4, -0.2) is 363 Å². The maximum atomic E-state index is 14.2. The topological polar surface area (TPSA) is 392 Å². The van der Waals surface area contributed by atoms with Crippen LogP contribution in [0.5, 0.6) is 11.5 Å². The van der Waals surface area contributed by atoms with Crippen molar-refractivity contribution in [3.63, 3.8) is 0 Å². The zero-order chi connectivity index (χ0) is 87.4. The minimum atomic E-state index is -0.805. The molecule has 1 saturated carbocycles. The highest BCUT2D eigenvalue weighted by Gasteiger charge is 2.41. The molecule has 8 amide bonds. The highest BCUT2D eigenvalue weighted by Crippen LogP contribution is 2.40. The number of aliphatic hydroxyl groups is 1. The molecule has 123 heavy (non-hydrogen) atoms. The number of aliphatic imine (C=N–C) groups is 1. The number of nitrogens with zero attached hydrogens (tertiary/aromatic N) is 6. The van der Waals surface area contributed by atoms with E-state index in [0.717, 1.165) is 86.6 Å². The number of carbonyl (C=O) groups excluding carboxylic acids is 8. The molecule has 696 valence electrons. The standard InChI is InChI=1S/C87H143ClN12O22S/c1-2-3-4-5-6-7-8-9-10-22-80(103)94-74(83(89)106)20-15-16-27-90-79(102)26-41-110-43-45-112-47-49-114-51-53-116-55-57-118-59-61-120-63-64-121-62-60-119-58-56-117-54-52-115-50-48-113-46-44-111-42-29-91-78(101)25-31-100-82(105)67-77(87(100)109)123-65-30-92-81(104)68-97-35-33-96(34-36-97)32-28-93-85(107)70-17-11-12-18-71(70)86(108)99-39-37-98(38-40-99)84-72-66-69(88)23-24-75(72)122-76-21-14-13-19-73(76)95-84/h13-14,19,21,23-24,66,70-71,74,77,85,93,107H,2-12,15-18,20,22,25-65,67-68H2,1H3,(H2,89,106)(H,90,102)(H,91,101)(H,92,104)(H,94,103)/t70-,71+,74?,77?,85?/m1/s1. The first-order valence-corrected chi connectivity index (χ1v) is 46.4. The number of piperazine rings is 2. The fraction of sp³-hybridized carbons (Fsp3) is 0.759. The Morgan fingerprint density at radius 2 is 1.06 bits per heavy atom. The van der Waals surface area contributed by atoms with E-state index in [1.165, 1.54) is 50.3 Å². The van der Waals surface area contributed by atoms with Gasteiger partial charge in [0.05, 0.1) is 176 Å². The lowest BCUT2D eigenvalue weighted by Crippen LogP contribution is -2.55. The molecular weight excluding hydrogens is 1630 g/mol. The van der Waals surface area contributed by atoms with Crippen molar-refractivity contribution in [1.29, 1.82) is 0 Å². The Labute approximate surface area is 737 Å². The number of amides is 8. The van der Waals surface area contributed by atoms with Crippen molar-refractivity contribution >= 4 is 82.1 Å². The van der Waals surface area contributed by atoms with Crippen LogP contribution in [0, 0.1) is 11.8 Å². The number of aliphatic hydroxyl groups excluding tert-OH is 1. The van der Waals surface area contributed by atoms with Crippen LogP contribution >= 0.6 is 23.4 Å². The van der Waals surface area contributed by atoms with E-state index >= 15 is 0 Å². The van der Waals surface area contributed by atoms with Gasteiger partial charge < -0.3 is 103 Å². The maximum absolute atomic E-state index is 14.2. The number of hydrogen-bond acceptors (Lipinski definition) is 28. The number of likely N-dealkylation sites (tertiary alicyclic amines) is 1. The summed E-state index contributed by atoms with van der Waals surface area (Å²) in [6, 6.07) is 12.5. The molecule has 3 unspecified atom stereocenters. The number of nitrogens with one attached hydrogen (secondary N) is 5. The number of unbranched alkanes of at least 4 members (excludes halogenated alkanes) is 9. The lowest BCUT2D eigenvalue weighted by atomic mass is 9.77. The molecule has 2 aromatic carbocycles. The van der Waals surface area contributed by atoms with Crippen LogP contribution in [0.25, 0.3) is 0 Å². The third-order valence-electron chi connectivity index (χ3n) is 21.6. The fourth-order valence-electron chi connectivity index (χ4n) is 14.7. The fourth-order valence-corrected chi connectivity index (χ4v) is 15.9. The molecule has 4 aliphatic heterocycles. The largest absolute Gasteiger partial charge is 0.454 e. The Hall–Kier alpha value is -6.33. The number of rotatable bonds is 71. The third-order valence-corrected chi connectivity index (χ3v) is 23.1. The van der Waals surface area contributed by atoms with Gasteiger partial charge in [-0.25, -0.2) is 4.99 Å². The summed E-state index contributed by atoms with van der Waals surface area (Å²) in [7, 11) is 0. The van der Waals surface area contributed by atoms with Gasteiger partial charge in [-0.05, 0) is 68.9 Å². The van der Waals surface area contributed by atoms with Crippen molar-refractivity contribution in [2.45, 2.75) is 153 Å². The molecular formula is C87H143ClN12O22S. The molecule has 2 aromatic rings. The average molecular weight is 1780 g/mol. The van der Waals surface area contributed by atoms with Crippen LogP contribution in [0.15, 0.2) is 47.5 Å². The Kier molecular flexibility index (Phi) is 55.0. The molecule has 1 aliphatic carbocycles. The zero-order valence-corrected chi connectivity index (χ0v) is 74.5. The number of para-hydroxylation sites is 2. The van der Waals surface area contributed by atoms with Crippen molar-refractivity contribution in [3.05, 3.63) is 53.1 Å². The summed E-state index contributed by atoms with van der Waals surface area (Å²) >= 11 is 7.80. The first kappa shape index (κ1) is 104. The first-order chi connectivity index (χ1) is 60.2. The molecule has 0 spiro atoms. The van der Waals surface area contributed by atoms with Gasteiger partial charge in [-0.2, -0.15) is 0 Å². The van der Waals surface area contributed by atoms with Gasteiger partial charge >= 0.3 is 0 Å². The Morgan fingerprint density at radius 1 is 0.537 bits per heavy atom. The summed E-state index contributed by atoms with van der Waals surface area (Å²) in [5.41, 5.74) is 7.08. The summed E-state index contributed by atoms with van der Waals surface area (Å²) in [6.45, 7) is 19.8. The molecule has 0 radical (unpaired) electrons. The summed E-state index contributed by atoms with van der Waals surface area (Å²) < 4.78 is 72.8. The number of carbonyl (C=O) groups is 8. The average Bonchev–Trinajstić information content (AvgIpc) is 1.70. The van der Waals surface area contributed by atoms with Gasteiger partial charge in [0.15, 0.2) is 5.75 Å². The van der Waals surface area contributed by atoms with Gasteiger partial charge in [-0.3, -0.25) is 58.4 Å². The minimum Gasteiger partial charge on any atom is -0.454 e. The highest BCUT2D eigenvalue weighted by atomic mass is 35.5. The van der Waals surface area contributed by atoms with E-state index in [1.54, 1.807) is 0 Å². The molecule has 36 heteroatoms. The van der Waals surface area contributed by atoms with Gasteiger partial charge in [0.2, 0.25) is 47.3 Å². The van der Waals surface area contributed by atoms with Crippen LogP contribution in [-0.2, 0) is 95.2 Å². The van der Waals surface area contributed by atoms with Crippen molar-refractivity contribution < 1.29 is 105 Å².